The third-order valence-corrected chi connectivity index (χ3v) is 6.76. The number of carbonyl (C=O) groups excluding carboxylic acids is 1. The number of aromatic nitrogens is 1. The molecule has 2 atom stereocenters. The zero-order valence-electron chi connectivity index (χ0n) is 15.0. The molecule has 1 aromatic carbocycles. The summed E-state index contributed by atoms with van der Waals surface area (Å²) in [5, 5.41) is 2.80. The van der Waals surface area contributed by atoms with Crippen molar-refractivity contribution in [2.45, 2.75) is 52.4 Å². The smallest absolute Gasteiger partial charge is 0.302 e. The number of amides is 1. The minimum absolute atomic E-state index is 0.0149. The van der Waals surface area contributed by atoms with Crippen molar-refractivity contribution in [3.63, 3.8) is 0 Å². The van der Waals surface area contributed by atoms with Gasteiger partial charge < -0.3 is 4.42 Å². The van der Waals surface area contributed by atoms with Crippen LogP contribution in [0.4, 0.5) is 14.8 Å². The van der Waals surface area contributed by atoms with Crippen molar-refractivity contribution in [2.24, 2.45) is 22.2 Å². The zero-order valence-corrected chi connectivity index (χ0v) is 15.0. The van der Waals surface area contributed by atoms with Crippen LogP contribution >= 0.6 is 0 Å². The van der Waals surface area contributed by atoms with Gasteiger partial charge in [-0.05, 0) is 55.3 Å². The Morgan fingerprint density at radius 3 is 2.42 bits per heavy atom. The van der Waals surface area contributed by atoms with Crippen molar-refractivity contribution >= 4 is 23.0 Å². The fourth-order valence-electron chi connectivity index (χ4n) is 6.91. The van der Waals surface area contributed by atoms with Gasteiger partial charge >= 0.3 is 6.01 Å². The fraction of sp³-hybridized carbons (Fsp3) is 0.600. The van der Waals surface area contributed by atoms with E-state index < -0.39 is 11.6 Å². The fourth-order valence-corrected chi connectivity index (χ4v) is 6.91. The molecule has 0 spiro atoms. The number of rotatable bonds is 2. The lowest BCUT2D eigenvalue weighted by atomic mass is 9.40. The molecule has 138 valence electrons. The summed E-state index contributed by atoms with van der Waals surface area (Å²) in [7, 11) is 0. The van der Waals surface area contributed by atoms with Gasteiger partial charge in [-0.3, -0.25) is 10.1 Å². The number of nitrogens with one attached hydrogen (secondary N) is 1. The minimum atomic E-state index is -0.992. The number of oxazole rings is 1. The van der Waals surface area contributed by atoms with Crippen LogP contribution in [0, 0.1) is 33.8 Å². The van der Waals surface area contributed by atoms with Crippen LogP contribution in [-0.4, -0.2) is 10.9 Å². The van der Waals surface area contributed by atoms with E-state index in [1.54, 1.807) is 0 Å². The first-order valence-electron chi connectivity index (χ1n) is 9.25. The first-order valence-corrected chi connectivity index (χ1v) is 9.25. The van der Waals surface area contributed by atoms with Gasteiger partial charge in [0.15, 0.2) is 17.2 Å². The summed E-state index contributed by atoms with van der Waals surface area (Å²) >= 11 is 0. The number of carbonyl (C=O) groups is 1. The number of hydrogen-bond donors (Lipinski definition) is 1. The maximum atomic E-state index is 13.4. The third-order valence-electron chi connectivity index (χ3n) is 6.76. The molecule has 2 aromatic rings. The molecule has 1 aromatic heterocycles. The van der Waals surface area contributed by atoms with Crippen LogP contribution in [0.1, 0.15) is 52.4 Å². The molecule has 4 bridgehead atoms. The van der Waals surface area contributed by atoms with Crippen molar-refractivity contribution in [1.29, 1.82) is 0 Å². The Morgan fingerprint density at radius 1 is 1.12 bits per heavy atom. The van der Waals surface area contributed by atoms with Crippen LogP contribution in [0.25, 0.3) is 11.1 Å². The van der Waals surface area contributed by atoms with Crippen LogP contribution in [0.5, 0.6) is 0 Å². The normalized spacial score (nSPS) is 38.1. The number of anilines is 1. The van der Waals surface area contributed by atoms with E-state index in [1.807, 2.05) is 0 Å². The van der Waals surface area contributed by atoms with Gasteiger partial charge in [-0.1, -0.05) is 13.8 Å². The molecule has 26 heavy (non-hydrogen) atoms. The number of halogens is 2. The van der Waals surface area contributed by atoms with Gasteiger partial charge in [0.25, 0.3) is 0 Å². The number of benzene rings is 1. The van der Waals surface area contributed by atoms with E-state index >= 15 is 0 Å². The minimum Gasteiger partial charge on any atom is -0.423 e. The molecule has 2 unspecified atom stereocenters. The van der Waals surface area contributed by atoms with Gasteiger partial charge in [0.1, 0.15) is 5.52 Å². The monoisotopic (exact) mass is 360 g/mol. The average molecular weight is 360 g/mol. The summed E-state index contributed by atoms with van der Waals surface area (Å²) in [5.41, 5.74) is 0.380. The van der Waals surface area contributed by atoms with Crippen LogP contribution in [0.15, 0.2) is 16.5 Å². The van der Waals surface area contributed by atoms with E-state index in [-0.39, 0.29) is 39.3 Å². The molecule has 1 N–H and O–H groups in total. The van der Waals surface area contributed by atoms with Gasteiger partial charge in [0, 0.05) is 12.1 Å². The molecular weight excluding hydrogens is 338 g/mol. The molecule has 4 nitrogen and oxygen atoms in total. The van der Waals surface area contributed by atoms with E-state index in [0.29, 0.717) is 5.92 Å². The maximum absolute atomic E-state index is 13.4. The molecule has 4 fully saturated rings. The summed E-state index contributed by atoms with van der Waals surface area (Å²) in [4.78, 5) is 17.3. The topological polar surface area (TPSA) is 55.1 Å². The van der Waals surface area contributed by atoms with Gasteiger partial charge in [0.2, 0.25) is 5.91 Å². The molecule has 4 aliphatic carbocycles. The van der Waals surface area contributed by atoms with Gasteiger partial charge in [0.05, 0.1) is 5.41 Å². The number of nitrogens with zero attached hydrogens (tertiary/aromatic N) is 1. The summed E-state index contributed by atoms with van der Waals surface area (Å²) in [6.45, 7) is 4.62. The molecule has 4 aliphatic rings. The second-order valence-electron chi connectivity index (χ2n) is 9.62. The van der Waals surface area contributed by atoms with E-state index in [9.17, 15) is 13.6 Å². The molecule has 6 rings (SSSR count). The standard InChI is InChI=1S/C20H22F2N2O2/c1-18-5-11-6-19(2,8-18)10-20(7-11,9-18)16(25)24-17-23-14-3-12(21)13(22)4-15(14)26-17/h3-4,11H,5-10H2,1-2H3,(H,23,24,25). The Kier molecular flexibility index (Phi) is 3.02. The predicted octanol–water partition coefficient (Wildman–Crippen LogP) is 5.04. The molecule has 1 amide bonds. The first kappa shape index (κ1) is 16.2. The molecule has 4 saturated carbocycles. The third kappa shape index (κ3) is 2.30. The first-order chi connectivity index (χ1) is 12.2. The van der Waals surface area contributed by atoms with E-state index in [4.69, 9.17) is 4.42 Å². The average Bonchev–Trinajstić information content (AvgIpc) is 2.85. The molecule has 1 heterocycles. The second kappa shape index (κ2) is 4.84. The highest BCUT2D eigenvalue weighted by Crippen LogP contribution is 2.69. The Morgan fingerprint density at radius 2 is 1.77 bits per heavy atom. The van der Waals surface area contributed by atoms with Gasteiger partial charge in [-0.15, -0.1) is 0 Å². The van der Waals surface area contributed by atoms with Crippen LogP contribution < -0.4 is 5.32 Å². The van der Waals surface area contributed by atoms with Crippen molar-refractivity contribution in [3.05, 3.63) is 23.8 Å². The Bertz CT molecular complexity index is 880. The largest absolute Gasteiger partial charge is 0.423 e. The highest BCUT2D eigenvalue weighted by molar-refractivity contribution is 5.95. The number of hydrogen-bond acceptors (Lipinski definition) is 3. The lowest BCUT2D eigenvalue weighted by molar-refractivity contribution is -0.165. The zero-order chi connectivity index (χ0) is 18.3. The van der Waals surface area contributed by atoms with Crippen molar-refractivity contribution < 1.29 is 18.0 Å². The Hall–Kier alpha value is -1.98. The molecule has 0 radical (unpaired) electrons. The van der Waals surface area contributed by atoms with E-state index in [1.165, 1.54) is 19.3 Å². The molecule has 6 heteroatoms. The van der Waals surface area contributed by atoms with Crippen molar-refractivity contribution in [3.8, 4) is 0 Å². The summed E-state index contributed by atoms with van der Waals surface area (Å²) < 4.78 is 32.2. The molecule has 0 saturated heterocycles. The van der Waals surface area contributed by atoms with E-state index in [0.717, 1.165) is 31.4 Å². The lowest BCUT2D eigenvalue weighted by Gasteiger charge is -2.64. The van der Waals surface area contributed by atoms with E-state index in [2.05, 4.69) is 24.1 Å². The van der Waals surface area contributed by atoms with Crippen LogP contribution in [0.3, 0.4) is 0 Å². The highest BCUT2D eigenvalue weighted by Gasteiger charge is 2.62. The highest BCUT2D eigenvalue weighted by atomic mass is 19.2. The quantitative estimate of drug-likeness (QED) is 0.816. The maximum Gasteiger partial charge on any atom is 0.302 e. The molecule has 0 aliphatic heterocycles. The summed E-state index contributed by atoms with van der Waals surface area (Å²) in [6, 6.07) is 1.96. The predicted molar refractivity (Wildman–Crippen MR) is 92.4 cm³/mol. The Labute approximate surface area is 150 Å². The second-order valence-corrected chi connectivity index (χ2v) is 9.62. The van der Waals surface area contributed by atoms with Crippen molar-refractivity contribution in [2.75, 3.05) is 5.32 Å². The van der Waals surface area contributed by atoms with Gasteiger partial charge in [-0.25, -0.2) is 8.78 Å². The molecular formula is C20H22F2N2O2. The van der Waals surface area contributed by atoms with Crippen molar-refractivity contribution in [1.82, 2.24) is 4.98 Å². The van der Waals surface area contributed by atoms with Crippen LogP contribution in [0.2, 0.25) is 0 Å². The summed E-state index contributed by atoms with van der Waals surface area (Å²) in [6.07, 6.45) is 6.29. The lowest BCUT2D eigenvalue weighted by Crippen LogP contribution is -2.58. The van der Waals surface area contributed by atoms with Crippen LogP contribution in [-0.2, 0) is 4.79 Å². The SMILES string of the molecule is CC12CC3CC(C)(C1)CC(C(=O)Nc1nc4cc(F)c(F)cc4o1)(C3)C2. The van der Waals surface area contributed by atoms with Gasteiger partial charge in [-0.2, -0.15) is 4.98 Å². The number of fused-ring (bicyclic) bond motifs is 1. The summed E-state index contributed by atoms with van der Waals surface area (Å²) in [5.74, 6) is -1.44. The Balaban J connectivity index is 1.45.